The summed E-state index contributed by atoms with van der Waals surface area (Å²) in [7, 11) is 4.56. The molecular formula is C21H27N3O6. The summed E-state index contributed by atoms with van der Waals surface area (Å²) in [5.74, 6) is -2.80. The summed E-state index contributed by atoms with van der Waals surface area (Å²) in [6, 6.07) is 5.22. The molecule has 0 saturated carbocycles. The van der Waals surface area contributed by atoms with Crippen LogP contribution in [-0.2, 0) is 19.1 Å². The summed E-state index contributed by atoms with van der Waals surface area (Å²) in [4.78, 5) is 65.6. The van der Waals surface area contributed by atoms with Crippen LogP contribution in [0, 0.1) is 5.92 Å². The Morgan fingerprint density at radius 3 is 1.97 bits per heavy atom. The largest absolute Gasteiger partial charge is 0.454 e. The van der Waals surface area contributed by atoms with E-state index in [2.05, 4.69) is 0 Å². The van der Waals surface area contributed by atoms with Crippen molar-refractivity contribution in [1.82, 2.24) is 14.7 Å². The van der Waals surface area contributed by atoms with Crippen LogP contribution >= 0.6 is 0 Å². The smallest absolute Gasteiger partial charge is 0.329 e. The molecule has 0 unspecified atom stereocenters. The lowest BCUT2D eigenvalue weighted by molar-refractivity contribution is -0.155. The minimum Gasteiger partial charge on any atom is -0.454 e. The lowest BCUT2D eigenvalue weighted by Crippen LogP contribution is -2.47. The first kappa shape index (κ1) is 23.1. The minimum atomic E-state index is -1.14. The normalized spacial score (nSPS) is 13.9. The van der Waals surface area contributed by atoms with Crippen molar-refractivity contribution in [3.63, 3.8) is 0 Å². The summed E-state index contributed by atoms with van der Waals surface area (Å²) in [6.07, 6.45) is 0.202. The first-order valence-corrected chi connectivity index (χ1v) is 9.62. The van der Waals surface area contributed by atoms with Gasteiger partial charge in [-0.15, -0.1) is 0 Å². The minimum absolute atomic E-state index is 0.0112. The molecule has 0 bridgehead atoms. The fourth-order valence-electron chi connectivity index (χ4n) is 3.02. The molecule has 162 valence electrons. The first-order chi connectivity index (χ1) is 14.0. The van der Waals surface area contributed by atoms with Crippen molar-refractivity contribution < 1.29 is 28.7 Å². The quantitative estimate of drug-likeness (QED) is 0.457. The molecule has 0 radical (unpaired) electrons. The van der Waals surface area contributed by atoms with Gasteiger partial charge in [0.2, 0.25) is 5.91 Å². The maximum absolute atomic E-state index is 12.8. The van der Waals surface area contributed by atoms with Crippen molar-refractivity contribution in [2.75, 3.05) is 34.3 Å². The number of rotatable bonds is 8. The number of hydrogen-bond acceptors (Lipinski definition) is 6. The Balaban J connectivity index is 2.10. The number of carbonyl (C=O) groups excluding carboxylic acids is 5. The molecule has 1 atom stereocenters. The monoisotopic (exact) mass is 417 g/mol. The number of imide groups is 1. The molecule has 9 heteroatoms. The highest BCUT2D eigenvalue weighted by Gasteiger charge is 2.43. The molecule has 0 fully saturated rings. The zero-order valence-electron chi connectivity index (χ0n) is 17.9. The third kappa shape index (κ3) is 5.03. The standard InChI is InChI=1S/C21H27N3O6/c1-13(2)10-16(24-19(27)14-8-6-7-9-15(14)20(24)28)21(29)30-12-18(26)23(5)11-17(25)22(3)4/h6-9,13,16H,10-12H2,1-5H3/t16-/m1/s1. The molecule has 1 aliphatic heterocycles. The zero-order valence-corrected chi connectivity index (χ0v) is 17.9. The molecular weight excluding hydrogens is 390 g/mol. The summed E-state index contributed by atoms with van der Waals surface area (Å²) in [6.45, 7) is 2.96. The zero-order chi connectivity index (χ0) is 22.6. The van der Waals surface area contributed by atoms with Gasteiger partial charge in [0, 0.05) is 21.1 Å². The lowest BCUT2D eigenvalue weighted by Gasteiger charge is -2.26. The molecule has 1 aliphatic rings. The number of carbonyl (C=O) groups is 5. The number of benzene rings is 1. The van der Waals surface area contributed by atoms with Crippen LogP contribution in [0.2, 0.25) is 0 Å². The topological polar surface area (TPSA) is 104 Å². The van der Waals surface area contributed by atoms with Gasteiger partial charge in [-0.05, 0) is 24.5 Å². The number of hydrogen-bond donors (Lipinski definition) is 0. The van der Waals surface area contributed by atoms with Gasteiger partial charge in [0.15, 0.2) is 6.61 Å². The Kier molecular flexibility index (Phi) is 7.31. The van der Waals surface area contributed by atoms with Crippen LogP contribution in [-0.4, -0.2) is 84.6 Å². The van der Waals surface area contributed by atoms with Gasteiger partial charge in [-0.3, -0.25) is 24.1 Å². The second kappa shape index (κ2) is 9.51. The van der Waals surface area contributed by atoms with Crippen LogP contribution in [0.4, 0.5) is 0 Å². The SMILES string of the molecule is CC(C)C[C@H](C(=O)OCC(=O)N(C)CC(=O)N(C)C)N1C(=O)c2ccccc2C1=O. The molecule has 0 saturated heterocycles. The number of ether oxygens (including phenoxy) is 1. The molecule has 1 aromatic carbocycles. The number of amides is 4. The molecule has 9 nitrogen and oxygen atoms in total. The average Bonchev–Trinajstić information content (AvgIpc) is 2.94. The maximum Gasteiger partial charge on any atom is 0.329 e. The second-order valence-corrected chi connectivity index (χ2v) is 7.82. The highest BCUT2D eigenvalue weighted by molar-refractivity contribution is 6.22. The van der Waals surface area contributed by atoms with Gasteiger partial charge in [-0.25, -0.2) is 4.79 Å². The van der Waals surface area contributed by atoms with Crippen LogP contribution in [0.1, 0.15) is 41.0 Å². The molecule has 4 amide bonds. The number of fused-ring (bicyclic) bond motifs is 1. The highest BCUT2D eigenvalue weighted by Crippen LogP contribution is 2.27. The number of nitrogens with zero attached hydrogens (tertiary/aromatic N) is 3. The van der Waals surface area contributed by atoms with Gasteiger partial charge >= 0.3 is 5.97 Å². The van der Waals surface area contributed by atoms with E-state index >= 15 is 0 Å². The predicted molar refractivity (Wildman–Crippen MR) is 107 cm³/mol. The molecule has 30 heavy (non-hydrogen) atoms. The summed E-state index contributed by atoms with van der Waals surface area (Å²) in [5.41, 5.74) is 0.476. The van der Waals surface area contributed by atoms with Gasteiger partial charge in [0.25, 0.3) is 17.7 Å². The van der Waals surface area contributed by atoms with Gasteiger partial charge in [-0.2, -0.15) is 0 Å². The molecule has 0 aromatic heterocycles. The molecule has 1 heterocycles. The Bertz CT molecular complexity index is 829. The molecule has 0 N–H and O–H groups in total. The Morgan fingerprint density at radius 1 is 0.967 bits per heavy atom. The first-order valence-electron chi connectivity index (χ1n) is 9.62. The van der Waals surface area contributed by atoms with Crippen molar-refractivity contribution in [3.05, 3.63) is 35.4 Å². The fraction of sp³-hybridized carbons (Fsp3) is 0.476. The lowest BCUT2D eigenvalue weighted by atomic mass is 10.0. The third-order valence-corrected chi connectivity index (χ3v) is 4.74. The van der Waals surface area contributed by atoms with E-state index in [1.165, 1.54) is 24.1 Å². The molecule has 0 aliphatic carbocycles. The highest BCUT2D eigenvalue weighted by atomic mass is 16.5. The fourth-order valence-corrected chi connectivity index (χ4v) is 3.02. The number of esters is 1. The van der Waals surface area contributed by atoms with E-state index in [-0.39, 0.29) is 35.9 Å². The van der Waals surface area contributed by atoms with Crippen LogP contribution < -0.4 is 0 Å². The second-order valence-electron chi connectivity index (χ2n) is 7.82. The van der Waals surface area contributed by atoms with Crippen molar-refractivity contribution in [2.45, 2.75) is 26.3 Å². The summed E-state index contributed by atoms with van der Waals surface area (Å²) >= 11 is 0. The predicted octanol–water partition coefficient (Wildman–Crippen LogP) is 0.787. The van der Waals surface area contributed by atoms with E-state index in [1.54, 1.807) is 26.2 Å². The van der Waals surface area contributed by atoms with Gasteiger partial charge in [-0.1, -0.05) is 26.0 Å². The maximum atomic E-state index is 12.8. The average molecular weight is 417 g/mol. The number of likely N-dealkylation sites (N-methyl/N-ethyl adjacent to an activating group) is 2. The van der Waals surface area contributed by atoms with E-state index < -0.39 is 36.3 Å². The van der Waals surface area contributed by atoms with E-state index in [9.17, 15) is 24.0 Å². The Hall–Kier alpha value is -3.23. The van der Waals surface area contributed by atoms with E-state index in [0.717, 1.165) is 9.80 Å². The van der Waals surface area contributed by atoms with Gasteiger partial charge in [0.1, 0.15) is 6.04 Å². The van der Waals surface area contributed by atoms with Crippen molar-refractivity contribution in [3.8, 4) is 0 Å². The van der Waals surface area contributed by atoms with E-state index in [1.807, 2.05) is 13.8 Å². The molecule has 1 aromatic rings. The third-order valence-electron chi connectivity index (χ3n) is 4.74. The van der Waals surface area contributed by atoms with Gasteiger partial charge < -0.3 is 14.5 Å². The van der Waals surface area contributed by atoms with Crippen molar-refractivity contribution in [2.24, 2.45) is 5.92 Å². The summed E-state index contributed by atoms with van der Waals surface area (Å²) < 4.78 is 5.14. The van der Waals surface area contributed by atoms with E-state index in [0.29, 0.717) is 0 Å². The van der Waals surface area contributed by atoms with Crippen LogP contribution in [0.25, 0.3) is 0 Å². The summed E-state index contributed by atoms with van der Waals surface area (Å²) in [5, 5.41) is 0. The Labute approximate surface area is 175 Å². The van der Waals surface area contributed by atoms with Crippen molar-refractivity contribution in [1.29, 1.82) is 0 Å². The molecule has 0 spiro atoms. The van der Waals surface area contributed by atoms with E-state index in [4.69, 9.17) is 4.74 Å². The van der Waals surface area contributed by atoms with Crippen LogP contribution in [0.15, 0.2) is 24.3 Å². The van der Waals surface area contributed by atoms with Crippen molar-refractivity contribution >= 4 is 29.6 Å². The van der Waals surface area contributed by atoms with Crippen LogP contribution in [0.5, 0.6) is 0 Å². The Morgan fingerprint density at radius 2 is 1.50 bits per heavy atom. The van der Waals surface area contributed by atoms with Gasteiger partial charge in [0.05, 0.1) is 17.7 Å². The van der Waals surface area contributed by atoms with Crippen LogP contribution in [0.3, 0.4) is 0 Å². The molecule has 2 rings (SSSR count).